The molecule has 6 aliphatic rings. The second kappa shape index (κ2) is 7.08. The minimum Gasteiger partial charge on any atom is -0.486 e. The van der Waals surface area contributed by atoms with Crippen molar-refractivity contribution in [3.05, 3.63) is 16.7 Å². The molecule has 7 rings (SSSR count). The van der Waals surface area contributed by atoms with Crippen LogP contribution >= 0.6 is 0 Å². The molecule has 3 fully saturated rings. The first-order chi connectivity index (χ1) is 15.9. The zero-order chi connectivity index (χ0) is 22.4. The largest absolute Gasteiger partial charge is 0.486 e. The molecule has 180 valence electrons. The molecule has 0 aromatic heterocycles. The third-order valence-corrected chi connectivity index (χ3v) is 10.7. The van der Waals surface area contributed by atoms with Gasteiger partial charge in [0.05, 0.1) is 0 Å². The van der Waals surface area contributed by atoms with Crippen LogP contribution in [0.5, 0.6) is 17.2 Å². The molecule has 0 amide bonds. The van der Waals surface area contributed by atoms with E-state index in [1.165, 1.54) is 111 Å². The first-order valence-electron chi connectivity index (χ1n) is 14.1. The first-order valence-corrected chi connectivity index (χ1v) is 14.1. The SMILES string of the molecule is CC1CCC2(CC1)Cc1c(c3c(c4c1OC1(CCC(C)CC1)C4)OC1(CCC(C)CC1)C3)O2. The Kier molecular flexibility index (Phi) is 4.49. The van der Waals surface area contributed by atoms with Gasteiger partial charge < -0.3 is 14.2 Å². The average Bonchev–Trinajstić information content (AvgIpc) is 3.48. The number of rotatable bonds is 0. The molecule has 3 heteroatoms. The topological polar surface area (TPSA) is 27.7 Å². The number of hydrogen-bond donors (Lipinski definition) is 0. The summed E-state index contributed by atoms with van der Waals surface area (Å²) in [6.45, 7) is 7.22. The minimum absolute atomic E-state index is 0.00869. The molecule has 3 nitrogen and oxygen atoms in total. The molecular formula is C30H42O3. The van der Waals surface area contributed by atoms with Gasteiger partial charge in [-0.15, -0.1) is 0 Å². The van der Waals surface area contributed by atoms with Crippen LogP contribution < -0.4 is 14.2 Å². The summed E-state index contributed by atoms with van der Waals surface area (Å²) in [6, 6.07) is 0. The van der Waals surface area contributed by atoms with E-state index in [9.17, 15) is 0 Å². The molecule has 0 radical (unpaired) electrons. The third-order valence-electron chi connectivity index (χ3n) is 10.7. The molecule has 3 spiro atoms. The molecule has 0 atom stereocenters. The quantitative estimate of drug-likeness (QED) is 0.414. The summed E-state index contributed by atoms with van der Waals surface area (Å²) in [5.74, 6) is 6.07. The van der Waals surface area contributed by atoms with Crippen molar-refractivity contribution in [2.24, 2.45) is 17.8 Å². The van der Waals surface area contributed by atoms with Gasteiger partial charge in [0.15, 0.2) is 0 Å². The number of hydrogen-bond acceptors (Lipinski definition) is 3. The Hall–Kier alpha value is -1.38. The molecule has 1 aromatic carbocycles. The Morgan fingerprint density at radius 1 is 0.455 bits per heavy atom. The van der Waals surface area contributed by atoms with Crippen molar-refractivity contribution in [2.75, 3.05) is 0 Å². The summed E-state index contributed by atoms with van der Waals surface area (Å²) in [7, 11) is 0. The van der Waals surface area contributed by atoms with Crippen LogP contribution in [0.2, 0.25) is 0 Å². The predicted molar refractivity (Wildman–Crippen MR) is 131 cm³/mol. The van der Waals surface area contributed by atoms with E-state index in [0.717, 1.165) is 37.0 Å². The molecule has 3 saturated carbocycles. The molecule has 1 aromatic rings. The van der Waals surface area contributed by atoms with Crippen LogP contribution in [0.25, 0.3) is 0 Å². The van der Waals surface area contributed by atoms with E-state index in [4.69, 9.17) is 14.2 Å². The van der Waals surface area contributed by atoms with Crippen molar-refractivity contribution in [3.63, 3.8) is 0 Å². The van der Waals surface area contributed by atoms with Gasteiger partial charge in [-0.05, 0) is 94.8 Å². The van der Waals surface area contributed by atoms with E-state index in [-0.39, 0.29) is 16.8 Å². The smallest absolute Gasteiger partial charge is 0.134 e. The van der Waals surface area contributed by atoms with Crippen LogP contribution in [0.1, 0.15) is 115 Å². The number of fused-ring (bicyclic) bond motifs is 6. The van der Waals surface area contributed by atoms with Gasteiger partial charge in [-0.25, -0.2) is 0 Å². The summed E-state index contributed by atoms with van der Waals surface area (Å²) >= 11 is 0. The lowest BCUT2D eigenvalue weighted by Crippen LogP contribution is -2.39. The molecule has 0 saturated heterocycles. The summed E-state index contributed by atoms with van der Waals surface area (Å²) in [5.41, 5.74) is 4.27. The molecule has 0 bridgehead atoms. The minimum atomic E-state index is 0.00869. The van der Waals surface area contributed by atoms with Gasteiger partial charge in [-0.2, -0.15) is 0 Å². The van der Waals surface area contributed by atoms with Crippen molar-refractivity contribution in [2.45, 2.75) is 134 Å². The van der Waals surface area contributed by atoms with Crippen LogP contribution in [0.15, 0.2) is 0 Å². The van der Waals surface area contributed by atoms with Gasteiger partial charge in [0.1, 0.15) is 34.1 Å². The maximum absolute atomic E-state index is 7.04. The van der Waals surface area contributed by atoms with Crippen molar-refractivity contribution in [3.8, 4) is 17.2 Å². The highest BCUT2D eigenvalue weighted by Gasteiger charge is 2.54. The molecule has 3 heterocycles. The van der Waals surface area contributed by atoms with E-state index >= 15 is 0 Å². The molecule has 0 N–H and O–H groups in total. The standard InChI is InChI=1S/C30H42O3/c1-19-4-10-28(11-5-19)16-22-25(31-28)23-17-29(12-6-20(2)7-13-29)33-27(23)24-18-30(32-26(22)24)14-8-21(3)9-15-30/h19-21H,4-18H2,1-3H3. The van der Waals surface area contributed by atoms with Crippen LogP contribution in [-0.2, 0) is 19.3 Å². The van der Waals surface area contributed by atoms with E-state index in [1.54, 1.807) is 0 Å². The zero-order valence-corrected chi connectivity index (χ0v) is 21.1. The second-order valence-electron chi connectivity index (χ2n) is 13.4. The fourth-order valence-corrected chi connectivity index (χ4v) is 8.13. The van der Waals surface area contributed by atoms with E-state index in [0.29, 0.717) is 0 Å². The van der Waals surface area contributed by atoms with E-state index in [2.05, 4.69) is 20.8 Å². The lowest BCUT2D eigenvalue weighted by Gasteiger charge is -2.36. The third kappa shape index (κ3) is 3.19. The maximum Gasteiger partial charge on any atom is 0.134 e. The fraction of sp³-hybridized carbons (Fsp3) is 0.800. The summed E-state index contributed by atoms with van der Waals surface area (Å²) in [4.78, 5) is 0. The average molecular weight is 451 g/mol. The normalized spacial score (nSPS) is 43.2. The molecule has 33 heavy (non-hydrogen) atoms. The Labute approximate surface area is 199 Å². The van der Waals surface area contributed by atoms with Crippen LogP contribution in [0.4, 0.5) is 0 Å². The van der Waals surface area contributed by atoms with Crippen molar-refractivity contribution in [1.29, 1.82) is 0 Å². The highest BCUT2D eigenvalue weighted by Crippen LogP contribution is 2.62. The molecular weight excluding hydrogens is 408 g/mol. The van der Waals surface area contributed by atoms with Gasteiger partial charge >= 0.3 is 0 Å². The summed E-state index contributed by atoms with van der Waals surface area (Å²) < 4.78 is 21.1. The Bertz CT molecular complexity index is 759. The lowest BCUT2D eigenvalue weighted by atomic mass is 9.76. The Morgan fingerprint density at radius 2 is 0.697 bits per heavy atom. The van der Waals surface area contributed by atoms with Crippen molar-refractivity contribution < 1.29 is 14.2 Å². The highest BCUT2D eigenvalue weighted by molar-refractivity contribution is 5.68. The van der Waals surface area contributed by atoms with Crippen molar-refractivity contribution in [1.82, 2.24) is 0 Å². The van der Waals surface area contributed by atoms with Gasteiger partial charge in [0.25, 0.3) is 0 Å². The Balaban J connectivity index is 1.29. The van der Waals surface area contributed by atoms with Gasteiger partial charge in [0.2, 0.25) is 0 Å². The predicted octanol–water partition coefficient (Wildman–Crippen LogP) is 7.34. The first kappa shape index (κ1) is 20.9. The Morgan fingerprint density at radius 3 is 0.939 bits per heavy atom. The highest BCUT2D eigenvalue weighted by atomic mass is 16.5. The van der Waals surface area contributed by atoms with Crippen LogP contribution in [0.3, 0.4) is 0 Å². The van der Waals surface area contributed by atoms with E-state index < -0.39 is 0 Å². The second-order valence-corrected chi connectivity index (χ2v) is 13.4. The molecule has 3 aliphatic carbocycles. The van der Waals surface area contributed by atoms with Crippen LogP contribution in [0, 0.1) is 17.8 Å². The van der Waals surface area contributed by atoms with Gasteiger partial charge in [-0.1, -0.05) is 20.8 Å². The van der Waals surface area contributed by atoms with Crippen molar-refractivity contribution >= 4 is 0 Å². The van der Waals surface area contributed by atoms with Gasteiger partial charge in [-0.3, -0.25) is 0 Å². The van der Waals surface area contributed by atoms with Gasteiger partial charge in [0, 0.05) is 36.0 Å². The monoisotopic (exact) mass is 450 g/mol. The van der Waals surface area contributed by atoms with Crippen LogP contribution in [-0.4, -0.2) is 16.8 Å². The molecule has 0 unspecified atom stereocenters. The van der Waals surface area contributed by atoms with E-state index in [1.807, 2.05) is 0 Å². The number of benzene rings is 1. The maximum atomic E-state index is 7.04. The fourth-order valence-electron chi connectivity index (χ4n) is 8.13. The summed E-state index contributed by atoms with van der Waals surface area (Å²) in [5, 5.41) is 0. The zero-order valence-electron chi connectivity index (χ0n) is 21.1. The molecule has 3 aliphatic heterocycles. The lowest BCUT2D eigenvalue weighted by molar-refractivity contribution is 0.0344. The number of ether oxygens (including phenoxy) is 3. The summed E-state index contributed by atoms with van der Waals surface area (Å²) in [6.07, 6.45) is 18.1.